The molecule has 0 saturated heterocycles. The van der Waals surface area contributed by atoms with E-state index in [9.17, 15) is 9.90 Å². The van der Waals surface area contributed by atoms with E-state index in [0.717, 1.165) is 43.5 Å². The van der Waals surface area contributed by atoms with E-state index < -0.39 is 5.97 Å². The summed E-state index contributed by atoms with van der Waals surface area (Å²) >= 11 is 5.98. The molecule has 38 heavy (non-hydrogen) atoms. The fourth-order valence-electron chi connectivity index (χ4n) is 4.94. The maximum atomic E-state index is 11.4. The minimum Gasteiger partial charge on any atom is -0.477 e. The second-order valence-corrected chi connectivity index (χ2v) is 10.0. The van der Waals surface area contributed by atoms with E-state index in [1.54, 1.807) is 19.4 Å². The number of carboxylic acids is 1. The number of fused-ring (bicyclic) bond motifs is 1. The zero-order chi connectivity index (χ0) is 26.5. The van der Waals surface area contributed by atoms with Crippen LogP contribution in [0.2, 0.25) is 5.02 Å². The van der Waals surface area contributed by atoms with Gasteiger partial charge < -0.3 is 19.1 Å². The Kier molecular flexibility index (Phi) is 8.14. The van der Waals surface area contributed by atoms with E-state index in [1.807, 2.05) is 34.9 Å². The first kappa shape index (κ1) is 26.1. The van der Waals surface area contributed by atoms with Gasteiger partial charge in [-0.05, 0) is 61.4 Å². The SMILES string of the molecule is COCCn1c(CC2CCC(Oc3ccnc(Cc4ccc(Cl)cc4)n3)CC2)nc2ccc(C(=O)O)nc21. The number of carbonyl (C=O) groups is 1. The van der Waals surface area contributed by atoms with Gasteiger partial charge in [0, 0.05) is 43.8 Å². The van der Waals surface area contributed by atoms with Crippen LogP contribution in [0.15, 0.2) is 48.7 Å². The Labute approximate surface area is 225 Å². The number of imidazole rings is 1. The van der Waals surface area contributed by atoms with Crippen molar-refractivity contribution in [1.82, 2.24) is 24.5 Å². The highest BCUT2D eigenvalue weighted by molar-refractivity contribution is 6.30. The van der Waals surface area contributed by atoms with Crippen molar-refractivity contribution in [2.75, 3.05) is 13.7 Å². The second-order valence-electron chi connectivity index (χ2n) is 9.60. The van der Waals surface area contributed by atoms with E-state index in [-0.39, 0.29) is 11.8 Å². The zero-order valence-corrected chi connectivity index (χ0v) is 22.0. The van der Waals surface area contributed by atoms with Crippen LogP contribution in [0.25, 0.3) is 11.2 Å². The summed E-state index contributed by atoms with van der Waals surface area (Å²) in [7, 11) is 1.65. The second kappa shape index (κ2) is 11.9. The molecular formula is C28H30ClN5O4. The molecule has 1 aromatic carbocycles. The fraction of sp³-hybridized carbons (Fsp3) is 0.393. The number of rotatable bonds is 10. The van der Waals surface area contributed by atoms with E-state index in [4.69, 9.17) is 26.1 Å². The number of aromatic carboxylic acids is 1. The van der Waals surface area contributed by atoms with Gasteiger partial charge in [-0.25, -0.2) is 19.7 Å². The molecule has 198 valence electrons. The summed E-state index contributed by atoms with van der Waals surface area (Å²) in [4.78, 5) is 29.6. The molecule has 1 aliphatic rings. The topological polar surface area (TPSA) is 112 Å². The molecule has 10 heteroatoms. The molecule has 1 aliphatic carbocycles. The average Bonchev–Trinajstić information content (AvgIpc) is 3.26. The number of methoxy groups -OCH3 is 1. The number of hydrogen-bond acceptors (Lipinski definition) is 7. The van der Waals surface area contributed by atoms with Crippen molar-refractivity contribution in [3.63, 3.8) is 0 Å². The summed E-state index contributed by atoms with van der Waals surface area (Å²) < 4.78 is 13.5. The van der Waals surface area contributed by atoms with Crippen molar-refractivity contribution in [3.05, 3.63) is 76.6 Å². The van der Waals surface area contributed by atoms with Gasteiger partial charge in [-0.2, -0.15) is 4.98 Å². The first-order valence-corrected chi connectivity index (χ1v) is 13.2. The van der Waals surface area contributed by atoms with Crippen molar-refractivity contribution < 1.29 is 19.4 Å². The van der Waals surface area contributed by atoms with Crippen LogP contribution in [-0.4, -0.2) is 55.4 Å². The number of benzene rings is 1. The highest BCUT2D eigenvalue weighted by Crippen LogP contribution is 2.30. The normalized spacial score (nSPS) is 17.5. The maximum Gasteiger partial charge on any atom is 0.354 e. The van der Waals surface area contributed by atoms with Crippen LogP contribution < -0.4 is 4.74 Å². The first-order valence-electron chi connectivity index (χ1n) is 12.8. The summed E-state index contributed by atoms with van der Waals surface area (Å²) in [6.07, 6.45) is 7.15. The molecular weight excluding hydrogens is 506 g/mol. The number of halogens is 1. The largest absolute Gasteiger partial charge is 0.477 e. The highest BCUT2D eigenvalue weighted by atomic mass is 35.5. The summed E-state index contributed by atoms with van der Waals surface area (Å²) in [6.45, 7) is 1.07. The molecule has 0 aliphatic heterocycles. The Bertz CT molecular complexity index is 1400. The smallest absolute Gasteiger partial charge is 0.354 e. The standard InChI is InChI=1S/C28H30ClN5O4/c1-37-15-14-34-25(31-22-10-11-23(28(35)36)32-27(22)34)17-19-4-8-21(9-5-19)38-26-12-13-30-24(33-26)16-18-2-6-20(29)7-3-18/h2-3,6-7,10-13,19,21H,4-5,8-9,14-17H2,1H3,(H,35,36). The molecule has 0 amide bonds. The summed E-state index contributed by atoms with van der Waals surface area (Å²) in [5, 5.41) is 10.1. The number of carboxylic acid groups (broad SMARTS) is 1. The predicted molar refractivity (Wildman–Crippen MR) is 143 cm³/mol. The lowest BCUT2D eigenvalue weighted by atomic mass is 9.85. The molecule has 5 rings (SSSR count). The Morgan fingerprint density at radius 1 is 1.05 bits per heavy atom. The lowest BCUT2D eigenvalue weighted by Crippen LogP contribution is -2.26. The molecule has 0 spiro atoms. The number of aromatic nitrogens is 5. The summed E-state index contributed by atoms with van der Waals surface area (Å²) in [6, 6.07) is 12.7. The van der Waals surface area contributed by atoms with Crippen molar-refractivity contribution in [2.45, 2.75) is 51.2 Å². The lowest BCUT2D eigenvalue weighted by Gasteiger charge is -2.28. The van der Waals surface area contributed by atoms with Gasteiger partial charge in [0.25, 0.3) is 0 Å². The Morgan fingerprint density at radius 2 is 1.84 bits per heavy atom. The van der Waals surface area contributed by atoms with Crippen LogP contribution in [0.5, 0.6) is 5.88 Å². The molecule has 1 saturated carbocycles. The Balaban J connectivity index is 1.20. The minimum absolute atomic E-state index is 0.0151. The van der Waals surface area contributed by atoms with Crippen molar-refractivity contribution in [1.29, 1.82) is 0 Å². The van der Waals surface area contributed by atoms with E-state index in [1.165, 1.54) is 6.07 Å². The van der Waals surface area contributed by atoms with Gasteiger partial charge in [-0.3, -0.25) is 0 Å². The molecule has 0 unspecified atom stereocenters. The van der Waals surface area contributed by atoms with Crippen molar-refractivity contribution in [2.24, 2.45) is 5.92 Å². The van der Waals surface area contributed by atoms with E-state index in [0.29, 0.717) is 53.4 Å². The number of hydrogen-bond donors (Lipinski definition) is 1. The Morgan fingerprint density at radius 3 is 2.58 bits per heavy atom. The average molecular weight is 536 g/mol. The monoisotopic (exact) mass is 535 g/mol. The molecule has 0 atom stereocenters. The number of nitrogens with zero attached hydrogens (tertiary/aromatic N) is 5. The van der Waals surface area contributed by atoms with Gasteiger partial charge in [-0.1, -0.05) is 23.7 Å². The predicted octanol–water partition coefficient (Wildman–Crippen LogP) is 4.99. The molecule has 3 aromatic heterocycles. The van der Waals surface area contributed by atoms with Crippen LogP contribution in [0.4, 0.5) is 0 Å². The third kappa shape index (κ3) is 6.28. The van der Waals surface area contributed by atoms with Crippen molar-refractivity contribution >= 4 is 28.7 Å². The highest BCUT2D eigenvalue weighted by Gasteiger charge is 2.25. The van der Waals surface area contributed by atoms with Crippen LogP contribution in [-0.2, 0) is 24.1 Å². The van der Waals surface area contributed by atoms with Gasteiger partial charge in [0.05, 0.1) is 6.61 Å². The Hall–Kier alpha value is -3.56. The lowest BCUT2D eigenvalue weighted by molar-refractivity contribution is 0.0691. The maximum absolute atomic E-state index is 11.4. The van der Waals surface area contributed by atoms with Gasteiger partial charge in [0.2, 0.25) is 5.88 Å². The van der Waals surface area contributed by atoms with Crippen LogP contribution in [0.3, 0.4) is 0 Å². The summed E-state index contributed by atoms with van der Waals surface area (Å²) in [5.41, 5.74) is 2.41. The first-order chi connectivity index (χ1) is 18.5. The minimum atomic E-state index is -1.05. The molecule has 3 heterocycles. The third-order valence-corrected chi connectivity index (χ3v) is 7.17. The molecule has 0 bridgehead atoms. The molecule has 4 aromatic rings. The van der Waals surface area contributed by atoms with E-state index >= 15 is 0 Å². The van der Waals surface area contributed by atoms with Gasteiger partial charge in [-0.15, -0.1) is 0 Å². The molecule has 1 N–H and O–H groups in total. The summed E-state index contributed by atoms with van der Waals surface area (Å²) in [5.74, 6) is 1.64. The van der Waals surface area contributed by atoms with E-state index in [2.05, 4.69) is 15.0 Å². The van der Waals surface area contributed by atoms with Gasteiger partial charge in [0.15, 0.2) is 11.3 Å². The molecule has 0 radical (unpaired) electrons. The van der Waals surface area contributed by atoms with Crippen LogP contribution in [0, 0.1) is 5.92 Å². The number of pyridine rings is 1. The third-order valence-electron chi connectivity index (χ3n) is 6.92. The van der Waals surface area contributed by atoms with Crippen LogP contribution >= 0.6 is 11.6 Å². The zero-order valence-electron chi connectivity index (χ0n) is 21.2. The number of ether oxygens (including phenoxy) is 2. The van der Waals surface area contributed by atoms with Crippen molar-refractivity contribution in [3.8, 4) is 5.88 Å². The van der Waals surface area contributed by atoms with Gasteiger partial charge >= 0.3 is 5.97 Å². The molecule has 1 fully saturated rings. The van der Waals surface area contributed by atoms with Gasteiger partial charge in [0.1, 0.15) is 23.3 Å². The quantitative estimate of drug-likeness (QED) is 0.302. The van der Waals surface area contributed by atoms with Crippen LogP contribution in [0.1, 0.15) is 53.4 Å². The molecule has 9 nitrogen and oxygen atoms in total. The fourth-order valence-corrected chi connectivity index (χ4v) is 5.07.